The Morgan fingerprint density at radius 2 is 1.48 bits per heavy atom. The van der Waals surface area contributed by atoms with E-state index in [1.165, 1.54) is 0 Å². The molecule has 0 aliphatic rings. The average molecular weight is 427 g/mol. The van der Waals surface area contributed by atoms with Crippen molar-refractivity contribution in [3.05, 3.63) is 0 Å². The molecule has 27 heavy (non-hydrogen) atoms. The van der Waals surface area contributed by atoms with Crippen LogP contribution >= 0.6 is 0 Å². The van der Waals surface area contributed by atoms with Crippen LogP contribution in [0.1, 0.15) is 73.1 Å². The van der Waals surface area contributed by atoms with Gasteiger partial charge in [-0.15, -0.1) is 0 Å². The number of nitrogens with two attached hydrogens (primary N) is 2. The molecular formula is C17H34N2O6S2. The van der Waals surface area contributed by atoms with E-state index in [0.717, 1.165) is 6.42 Å². The summed E-state index contributed by atoms with van der Waals surface area (Å²) < 4.78 is 44.6. The van der Waals surface area contributed by atoms with E-state index in [2.05, 4.69) is 0 Å². The number of rotatable bonds is 12. The second kappa shape index (κ2) is 9.58. The van der Waals surface area contributed by atoms with E-state index in [1.54, 1.807) is 13.8 Å². The fraction of sp³-hybridized carbons (Fsp3) is 0.882. The first-order valence-corrected chi connectivity index (χ1v) is 12.3. The Morgan fingerprint density at radius 1 is 0.963 bits per heavy atom. The van der Waals surface area contributed by atoms with Crippen LogP contribution in [-0.2, 0) is 29.6 Å². The summed E-state index contributed by atoms with van der Waals surface area (Å²) in [5.74, 6) is -0.229. The number of sulfonamides is 2. The lowest BCUT2D eigenvalue weighted by molar-refractivity contribution is -0.130. The van der Waals surface area contributed by atoms with Crippen molar-refractivity contribution in [2.75, 3.05) is 5.75 Å². The fourth-order valence-corrected chi connectivity index (χ4v) is 4.76. The molecule has 8 nitrogen and oxygen atoms in total. The van der Waals surface area contributed by atoms with Crippen LogP contribution in [0.2, 0.25) is 0 Å². The van der Waals surface area contributed by atoms with Gasteiger partial charge in [0.1, 0.15) is 5.78 Å². The molecule has 0 heterocycles. The van der Waals surface area contributed by atoms with Gasteiger partial charge in [-0.3, -0.25) is 9.59 Å². The Bertz CT molecular complexity index is 739. The maximum Gasteiger partial charge on any atom is 0.272 e. The minimum atomic E-state index is -4.23. The highest BCUT2D eigenvalue weighted by Gasteiger charge is 2.37. The lowest BCUT2D eigenvalue weighted by Gasteiger charge is -2.33. The summed E-state index contributed by atoms with van der Waals surface area (Å²) in [6.45, 7) is 8.72. The number of hydrogen-bond donors (Lipinski definition) is 2. The van der Waals surface area contributed by atoms with E-state index < -0.39 is 36.0 Å². The molecule has 0 aromatic heterocycles. The summed E-state index contributed by atoms with van der Waals surface area (Å²) in [7, 11) is -7.82. The van der Waals surface area contributed by atoms with Crippen LogP contribution in [-0.4, -0.2) is 33.5 Å². The number of hydrogen-bond acceptors (Lipinski definition) is 6. The summed E-state index contributed by atoms with van der Waals surface area (Å²) in [5, 5.41) is 8.91. The van der Waals surface area contributed by atoms with Crippen molar-refractivity contribution in [1.29, 1.82) is 0 Å². The molecule has 160 valence electrons. The smallest absolute Gasteiger partial charge is 0.272 e. The van der Waals surface area contributed by atoms with Gasteiger partial charge in [0.05, 0.1) is 5.75 Å². The molecule has 0 aliphatic carbocycles. The normalized spacial score (nSPS) is 14.8. The zero-order chi connectivity index (χ0) is 21.7. The van der Waals surface area contributed by atoms with Crippen molar-refractivity contribution < 1.29 is 26.4 Å². The molecule has 1 atom stereocenters. The number of carbonyl (C=O) groups excluding carboxylic acids is 2. The van der Waals surface area contributed by atoms with Crippen LogP contribution in [0.3, 0.4) is 0 Å². The van der Waals surface area contributed by atoms with Gasteiger partial charge < -0.3 is 0 Å². The standard InChI is InChI=1S/C17H34N2O6S2/c1-6-13(9-7-11-16(2,3)15(21)27(19,24)25)17(4,5)14(20)10-8-12-26(18,22)23/h13H,6-12H2,1-5H3,(H2,18,22,23)(H2,19,24,25). The van der Waals surface area contributed by atoms with Gasteiger partial charge in [0.15, 0.2) is 0 Å². The molecule has 0 amide bonds. The largest absolute Gasteiger partial charge is 0.299 e. The first-order valence-electron chi connectivity index (χ1n) is 9.06. The third-order valence-corrected chi connectivity index (χ3v) is 7.16. The molecule has 0 aromatic rings. The molecule has 0 saturated carbocycles. The number of Topliss-reactive ketones (excluding diaryl/α,β-unsaturated/α-hetero) is 1. The van der Waals surface area contributed by atoms with Crippen molar-refractivity contribution in [2.24, 2.45) is 27.0 Å². The van der Waals surface area contributed by atoms with Gasteiger partial charge in [-0.2, -0.15) is 0 Å². The second-order valence-electron chi connectivity index (χ2n) is 8.33. The Hall–Kier alpha value is -0.840. The third-order valence-electron chi connectivity index (χ3n) is 5.23. The molecule has 0 rings (SSSR count). The number of primary sulfonamides is 2. The minimum Gasteiger partial charge on any atom is -0.299 e. The predicted octanol–water partition coefficient (Wildman–Crippen LogP) is 1.69. The summed E-state index contributed by atoms with van der Waals surface area (Å²) in [6.07, 6.45) is 2.61. The van der Waals surface area contributed by atoms with Gasteiger partial charge in [-0.1, -0.05) is 47.5 Å². The van der Waals surface area contributed by atoms with Gasteiger partial charge in [-0.25, -0.2) is 27.1 Å². The van der Waals surface area contributed by atoms with Crippen molar-refractivity contribution in [3.8, 4) is 0 Å². The highest BCUT2D eigenvalue weighted by molar-refractivity contribution is 8.04. The molecule has 0 spiro atoms. The summed E-state index contributed by atoms with van der Waals surface area (Å²) in [4.78, 5) is 24.5. The molecule has 0 radical (unpaired) electrons. The van der Waals surface area contributed by atoms with Crippen molar-refractivity contribution in [3.63, 3.8) is 0 Å². The highest BCUT2D eigenvalue weighted by Crippen LogP contribution is 2.37. The lowest BCUT2D eigenvalue weighted by atomic mass is 9.70. The van der Waals surface area contributed by atoms with Crippen LogP contribution in [0.15, 0.2) is 0 Å². The van der Waals surface area contributed by atoms with Crippen LogP contribution in [0.25, 0.3) is 0 Å². The highest BCUT2D eigenvalue weighted by atomic mass is 32.2. The van der Waals surface area contributed by atoms with Gasteiger partial charge in [-0.05, 0) is 25.2 Å². The van der Waals surface area contributed by atoms with Gasteiger partial charge in [0, 0.05) is 17.3 Å². The minimum absolute atomic E-state index is 0.0277. The zero-order valence-corrected chi connectivity index (χ0v) is 18.6. The van der Waals surface area contributed by atoms with Crippen molar-refractivity contribution in [1.82, 2.24) is 0 Å². The first kappa shape index (κ1) is 26.2. The molecule has 4 N–H and O–H groups in total. The van der Waals surface area contributed by atoms with E-state index in [1.807, 2.05) is 20.8 Å². The fourth-order valence-electron chi connectivity index (χ4n) is 3.34. The lowest BCUT2D eigenvalue weighted by Crippen LogP contribution is -2.36. The maximum atomic E-state index is 12.6. The molecule has 0 saturated heterocycles. The molecular weight excluding hydrogens is 392 g/mol. The SMILES string of the molecule is CCC(CCCC(C)(C)C(=O)S(N)(=O)=O)C(C)(C)C(=O)CCCS(N)(=O)=O. The van der Waals surface area contributed by atoms with Gasteiger partial charge >= 0.3 is 0 Å². The van der Waals surface area contributed by atoms with E-state index in [9.17, 15) is 26.4 Å². The van der Waals surface area contributed by atoms with Gasteiger partial charge in [0.25, 0.3) is 15.1 Å². The van der Waals surface area contributed by atoms with E-state index in [4.69, 9.17) is 10.3 Å². The second-order valence-corrected chi connectivity index (χ2v) is 11.5. The quantitative estimate of drug-likeness (QED) is 0.484. The predicted molar refractivity (Wildman–Crippen MR) is 106 cm³/mol. The molecule has 0 bridgehead atoms. The van der Waals surface area contributed by atoms with E-state index in [0.29, 0.717) is 19.3 Å². The summed E-state index contributed by atoms with van der Waals surface area (Å²) in [5.41, 5.74) is -1.74. The van der Waals surface area contributed by atoms with Crippen LogP contribution in [0, 0.1) is 16.7 Å². The Balaban J connectivity index is 4.86. The van der Waals surface area contributed by atoms with Crippen molar-refractivity contribution in [2.45, 2.75) is 73.1 Å². The summed E-state index contributed by atoms with van der Waals surface area (Å²) in [6, 6.07) is 0. The van der Waals surface area contributed by atoms with Crippen molar-refractivity contribution >= 4 is 30.9 Å². The summed E-state index contributed by atoms with van der Waals surface area (Å²) >= 11 is 0. The molecule has 10 heteroatoms. The number of carbonyl (C=O) groups is 2. The van der Waals surface area contributed by atoms with Crippen LogP contribution < -0.4 is 10.3 Å². The molecule has 0 aliphatic heterocycles. The maximum absolute atomic E-state index is 12.6. The van der Waals surface area contributed by atoms with Gasteiger partial charge in [0.2, 0.25) is 10.0 Å². The molecule has 1 unspecified atom stereocenters. The topological polar surface area (TPSA) is 154 Å². The van der Waals surface area contributed by atoms with E-state index >= 15 is 0 Å². The number of ketones is 1. The Kier molecular flexibility index (Phi) is 9.28. The average Bonchev–Trinajstić information content (AvgIpc) is 2.48. The van der Waals surface area contributed by atoms with Crippen LogP contribution in [0.5, 0.6) is 0 Å². The zero-order valence-electron chi connectivity index (χ0n) is 16.9. The Morgan fingerprint density at radius 3 is 1.89 bits per heavy atom. The van der Waals surface area contributed by atoms with Crippen LogP contribution in [0.4, 0.5) is 0 Å². The first-order chi connectivity index (χ1) is 11.9. The Labute approximate surface area is 163 Å². The molecule has 0 aromatic carbocycles. The molecule has 0 fully saturated rings. The van der Waals surface area contributed by atoms with E-state index in [-0.39, 0.29) is 30.3 Å². The monoisotopic (exact) mass is 426 g/mol. The third kappa shape index (κ3) is 8.80.